The number of amides is 1. The van der Waals surface area contributed by atoms with Crippen LogP contribution < -0.4 is 5.73 Å². The Kier molecular flexibility index (Phi) is 3.88. The molecule has 100 valence electrons. The zero-order valence-corrected chi connectivity index (χ0v) is 11.8. The number of carbonyl (C=O) groups is 1. The maximum Gasteiger partial charge on any atom is 0.243 e. The van der Waals surface area contributed by atoms with E-state index >= 15 is 0 Å². The lowest BCUT2D eigenvalue weighted by Crippen LogP contribution is -2.55. The van der Waals surface area contributed by atoms with Gasteiger partial charge in [-0.3, -0.25) is 4.79 Å². The van der Waals surface area contributed by atoms with Crippen molar-refractivity contribution >= 4 is 15.7 Å². The molecule has 17 heavy (non-hydrogen) atoms. The highest BCUT2D eigenvalue weighted by molar-refractivity contribution is 7.92. The molecule has 1 aliphatic rings. The van der Waals surface area contributed by atoms with Gasteiger partial charge in [-0.05, 0) is 26.2 Å². The van der Waals surface area contributed by atoms with E-state index < -0.39 is 14.6 Å². The molecule has 0 aromatic carbocycles. The number of sulfone groups is 1. The maximum absolute atomic E-state index is 12.2. The molecule has 2 unspecified atom stereocenters. The van der Waals surface area contributed by atoms with Gasteiger partial charge in [0.2, 0.25) is 5.91 Å². The number of nitrogens with zero attached hydrogens (tertiary/aromatic N) is 1. The van der Waals surface area contributed by atoms with E-state index in [1.165, 1.54) is 13.8 Å². The van der Waals surface area contributed by atoms with Crippen molar-refractivity contribution in [1.29, 1.82) is 0 Å². The second-order valence-electron chi connectivity index (χ2n) is 5.46. The molecular weight excluding hydrogens is 240 g/mol. The van der Waals surface area contributed by atoms with Crippen LogP contribution in [0.4, 0.5) is 0 Å². The molecule has 0 bridgehead atoms. The van der Waals surface area contributed by atoms with Crippen molar-refractivity contribution in [2.75, 3.05) is 19.3 Å². The third kappa shape index (κ3) is 2.80. The summed E-state index contributed by atoms with van der Waals surface area (Å²) in [5.74, 6) is -0.109. The summed E-state index contributed by atoms with van der Waals surface area (Å²) in [6.07, 6.45) is 1.83. The molecule has 1 aliphatic heterocycles. The molecule has 1 rings (SSSR count). The van der Waals surface area contributed by atoms with Crippen molar-refractivity contribution in [2.24, 2.45) is 11.7 Å². The first-order valence-corrected chi connectivity index (χ1v) is 7.71. The number of nitrogens with two attached hydrogens (primary N) is 1. The normalized spacial score (nSPS) is 27.0. The van der Waals surface area contributed by atoms with Gasteiger partial charge in [0.15, 0.2) is 9.84 Å². The highest BCUT2D eigenvalue weighted by Crippen LogP contribution is 2.23. The summed E-state index contributed by atoms with van der Waals surface area (Å²) in [5.41, 5.74) is 5.88. The molecule has 2 atom stereocenters. The van der Waals surface area contributed by atoms with Crippen molar-refractivity contribution in [3.8, 4) is 0 Å². The Balaban J connectivity index is 2.85. The Morgan fingerprint density at radius 2 is 1.94 bits per heavy atom. The molecule has 2 N–H and O–H groups in total. The van der Waals surface area contributed by atoms with Crippen molar-refractivity contribution in [1.82, 2.24) is 4.90 Å². The maximum atomic E-state index is 12.2. The molecule has 0 aliphatic carbocycles. The van der Waals surface area contributed by atoms with Crippen LogP contribution in [0.2, 0.25) is 0 Å². The minimum Gasteiger partial charge on any atom is -0.341 e. The van der Waals surface area contributed by atoms with Crippen LogP contribution >= 0.6 is 0 Å². The van der Waals surface area contributed by atoms with Gasteiger partial charge in [-0.2, -0.15) is 0 Å². The van der Waals surface area contributed by atoms with Gasteiger partial charge in [-0.15, -0.1) is 0 Å². The molecule has 1 fully saturated rings. The van der Waals surface area contributed by atoms with E-state index in [1.807, 2.05) is 6.92 Å². The van der Waals surface area contributed by atoms with E-state index in [-0.39, 0.29) is 17.9 Å². The molecule has 0 radical (unpaired) electrons. The fraction of sp³-hybridized carbons (Fsp3) is 0.909. The molecule has 0 saturated carbocycles. The van der Waals surface area contributed by atoms with Gasteiger partial charge in [-0.25, -0.2) is 8.42 Å². The summed E-state index contributed by atoms with van der Waals surface area (Å²) in [5, 5.41) is 0. The van der Waals surface area contributed by atoms with Crippen LogP contribution in [-0.2, 0) is 14.6 Å². The first-order valence-electron chi connectivity index (χ1n) is 5.82. The molecule has 1 amide bonds. The quantitative estimate of drug-likeness (QED) is 0.760. The number of likely N-dealkylation sites (tertiary alicyclic amines) is 1. The molecule has 0 aromatic heterocycles. The monoisotopic (exact) mass is 262 g/mol. The van der Waals surface area contributed by atoms with Gasteiger partial charge in [0.25, 0.3) is 0 Å². The van der Waals surface area contributed by atoms with Crippen LogP contribution in [0.3, 0.4) is 0 Å². The zero-order valence-electron chi connectivity index (χ0n) is 10.9. The molecule has 0 aromatic rings. The number of rotatable bonds is 2. The smallest absolute Gasteiger partial charge is 0.243 e. The van der Waals surface area contributed by atoms with Gasteiger partial charge >= 0.3 is 0 Å². The Morgan fingerprint density at radius 1 is 1.41 bits per heavy atom. The van der Waals surface area contributed by atoms with E-state index in [4.69, 9.17) is 5.73 Å². The summed E-state index contributed by atoms with van der Waals surface area (Å²) >= 11 is 0. The summed E-state index contributed by atoms with van der Waals surface area (Å²) in [7, 11) is -3.40. The van der Waals surface area contributed by atoms with Gasteiger partial charge in [0.1, 0.15) is 4.75 Å². The van der Waals surface area contributed by atoms with E-state index in [9.17, 15) is 13.2 Å². The molecule has 1 saturated heterocycles. The number of hydrogen-bond donors (Lipinski definition) is 1. The molecule has 1 heterocycles. The van der Waals surface area contributed by atoms with Crippen LogP contribution in [-0.4, -0.2) is 49.4 Å². The first kappa shape index (κ1) is 14.4. The summed E-state index contributed by atoms with van der Waals surface area (Å²) in [4.78, 5) is 13.8. The van der Waals surface area contributed by atoms with Crippen molar-refractivity contribution < 1.29 is 13.2 Å². The largest absolute Gasteiger partial charge is 0.341 e. The number of piperidine rings is 1. The Morgan fingerprint density at radius 3 is 2.35 bits per heavy atom. The topological polar surface area (TPSA) is 80.5 Å². The zero-order chi connectivity index (χ0) is 13.4. The summed E-state index contributed by atoms with van der Waals surface area (Å²) in [6, 6.07) is 0.0976. The average molecular weight is 262 g/mol. The predicted octanol–water partition coefficient (Wildman–Crippen LogP) is 0.00530. The van der Waals surface area contributed by atoms with Gasteiger partial charge in [0.05, 0.1) is 0 Å². The third-order valence-electron chi connectivity index (χ3n) is 3.70. The SMILES string of the molecule is CC1CN(C(=O)C(C)(C)S(C)(=O)=O)CCC1N. The van der Waals surface area contributed by atoms with E-state index in [1.54, 1.807) is 4.90 Å². The van der Waals surface area contributed by atoms with Crippen molar-refractivity contribution in [3.05, 3.63) is 0 Å². The minimum atomic E-state index is -3.40. The predicted molar refractivity (Wildman–Crippen MR) is 67.3 cm³/mol. The lowest BCUT2D eigenvalue weighted by atomic mass is 9.94. The second-order valence-corrected chi connectivity index (χ2v) is 8.03. The standard InChI is InChI=1S/C11H22N2O3S/c1-8-7-13(6-5-9(8)12)10(14)11(2,3)17(4,15)16/h8-9H,5-7,12H2,1-4H3. The molecule has 5 nitrogen and oxygen atoms in total. The number of carbonyl (C=O) groups excluding carboxylic acids is 1. The molecular formula is C11H22N2O3S. The lowest BCUT2D eigenvalue weighted by molar-refractivity contribution is -0.135. The van der Waals surface area contributed by atoms with Crippen LogP contribution in [0.1, 0.15) is 27.2 Å². The van der Waals surface area contributed by atoms with Gasteiger partial charge in [-0.1, -0.05) is 6.92 Å². The van der Waals surface area contributed by atoms with E-state index in [0.29, 0.717) is 13.1 Å². The highest BCUT2D eigenvalue weighted by atomic mass is 32.2. The van der Waals surface area contributed by atoms with E-state index in [2.05, 4.69) is 0 Å². The minimum absolute atomic E-state index is 0.0976. The average Bonchev–Trinajstić information content (AvgIpc) is 2.19. The second kappa shape index (κ2) is 4.57. The van der Waals surface area contributed by atoms with Gasteiger partial charge < -0.3 is 10.6 Å². The molecule has 0 spiro atoms. The first-order chi connectivity index (χ1) is 7.57. The Labute approximate surface area is 103 Å². The summed E-state index contributed by atoms with van der Waals surface area (Å²) < 4.78 is 21.9. The third-order valence-corrected chi connectivity index (χ3v) is 5.73. The highest BCUT2D eigenvalue weighted by Gasteiger charge is 2.42. The number of hydrogen-bond acceptors (Lipinski definition) is 4. The van der Waals surface area contributed by atoms with Crippen LogP contribution in [0, 0.1) is 5.92 Å². The van der Waals surface area contributed by atoms with Crippen LogP contribution in [0.15, 0.2) is 0 Å². The Bertz CT molecular complexity index is 403. The van der Waals surface area contributed by atoms with Crippen molar-refractivity contribution in [2.45, 2.75) is 38.0 Å². The van der Waals surface area contributed by atoms with Gasteiger partial charge in [0, 0.05) is 25.4 Å². The fourth-order valence-electron chi connectivity index (χ4n) is 1.89. The van der Waals surface area contributed by atoms with Crippen LogP contribution in [0.5, 0.6) is 0 Å². The molecule has 6 heteroatoms. The fourth-order valence-corrected chi connectivity index (χ4v) is 2.33. The summed E-state index contributed by atoms with van der Waals surface area (Å²) in [6.45, 7) is 5.99. The van der Waals surface area contributed by atoms with Crippen molar-refractivity contribution in [3.63, 3.8) is 0 Å². The van der Waals surface area contributed by atoms with E-state index in [0.717, 1.165) is 12.7 Å². The van der Waals surface area contributed by atoms with Crippen LogP contribution in [0.25, 0.3) is 0 Å². The lowest BCUT2D eigenvalue weighted by Gasteiger charge is -2.38. The Hall–Kier alpha value is -0.620.